The van der Waals surface area contributed by atoms with Crippen molar-refractivity contribution in [3.05, 3.63) is 41.5 Å². The average Bonchev–Trinajstić information content (AvgIpc) is 2.81. The standard InChI is InChI=1S/C13H14N4O/c1-18-12-6-11(15-13(14)16-12)17-7-9-4-2-3-5-10(9)8-17/h2-6H,7-8H2,1H3,(H2,14,15,16). The molecule has 0 spiro atoms. The van der Waals surface area contributed by atoms with E-state index in [-0.39, 0.29) is 5.95 Å². The van der Waals surface area contributed by atoms with E-state index in [1.54, 1.807) is 7.11 Å². The van der Waals surface area contributed by atoms with Gasteiger partial charge in [-0.2, -0.15) is 9.97 Å². The highest BCUT2D eigenvalue weighted by atomic mass is 16.5. The highest BCUT2D eigenvalue weighted by Crippen LogP contribution is 2.28. The third-order valence-electron chi connectivity index (χ3n) is 3.08. The molecular formula is C13H14N4O. The van der Waals surface area contributed by atoms with Crippen LogP contribution in [-0.4, -0.2) is 17.1 Å². The van der Waals surface area contributed by atoms with Crippen molar-refractivity contribution in [2.75, 3.05) is 17.7 Å². The third kappa shape index (κ3) is 1.84. The van der Waals surface area contributed by atoms with Gasteiger partial charge in [0, 0.05) is 19.2 Å². The van der Waals surface area contributed by atoms with Crippen LogP contribution in [0.1, 0.15) is 11.1 Å². The summed E-state index contributed by atoms with van der Waals surface area (Å²) in [6.45, 7) is 1.69. The molecule has 1 aromatic carbocycles. The smallest absolute Gasteiger partial charge is 0.225 e. The van der Waals surface area contributed by atoms with Crippen LogP contribution in [0.5, 0.6) is 5.88 Å². The fourth-order valence-electron chi connectivity index (χ4n) is 2.19. The Labute approximate surface area is 105 Å². The van der Waals surface area contributed by atoms with Gasteiger partial charge in [-0.1, -0.05) is 24.3 Å². The number of benzene rings is 1. The zero-order valence-electron chi connectivity index (χ0n) is 10.1. The summed E-state index contributed by atoms with van der Waals surface area (Å²) in [7, 11) is 1.57. The summed E-state index contributed by atoms with van der Waals surface area (Å²) >= 11 is 0. The first-order chi connectivity index (χ1) is 8.76. The van der Waals surface area contributed by atoms with Gasteiger partial charge >= 0.3 is 0 Å². The molecule has 5 heteroatoms. The predicted molar refractivity (Wildman–Crippen MR) is 69.3 cm³/mol. The molecule has 1 aliphatic rings. The quantitative estimate of drug-likeness (QED) is 0.866. The van der Waals surface area contributed by atoms with Crippen molar-refractivity contribution in [2.24, 2.45) is 0 Å². The van der Waals surface area contributed by atoms with Gasteiger partial charge in [0.05, 0.1) is 7.11 Å². The highest BCUT2D eigenvalue weighted by molar-refractivity contribution is 5.50. The van der Waals surface area contributed by atoms with E-state index in [4.69, 9.17) is 10.5 Å². The van der Waals surface area contributed by atoms with Crippen LogP contribution < -0.4 is 15.4 Å². The molecule has 0 bridgehead atoms. The SMILES string of the molecule is COc1cc(N2Cc3ccccc3C2)nc(N)n1. The first-order valence-corrected chi connectivity index (χ1v) is 5.76. The molecule has 0 fully saturated rings. The molecule has 5 nitrogen and oxygen atoms in total. The predicted octanol–water partition coefficient (Wildman–Crippen LogP) is 1.59. The number of hydrogen-bond acceptors (Lipinski definition) is 5. The maximum atomic E-state index is 5.68. The van der Waals surface area contributed by atoms with Gasteiger partial charge in [0.25, 0.3) is 0 Å². The van der Waals surface area contributed by atoms with Crippen molar-refractivity contribution in [3.8, 4) is 5.88 Å². The lowest BCUT2D eigenvalue weighted by Crippen LogP contribution is -2.17. The summed E-state index contributed by atoms with van der Waals surface area (Å²) < 4.78 is 5.11. The van der Waals surface area contributed by atoms with Gasteiger partial charge in [-0.05, 0) is 11.1 Å². The molecule has 92 valence electrons. The molecule has 3 rings (SSSR count). The second-order valence-electron chi connectivity index (χ2n) is 4.25. The van der Waals surface area contributed by atoms with Crippen LogP contribution in [0.2, 0.25) is 0 Å². The van der Waals surface area contributed by atoms with Crippen molar-refractivity contribution < 1.29 is 4.74 Å². The summed E-state index contributed by atoms with van der Waals surface area (Å²) in [5, 5.41) is 0. The molecule has 0 atom stereocenters. The van der Waals surface area contributed by atoms with E-state index >= 15 is 0 Å². The van der Waals surface area contributed by atoms with Gasteiger partial charge in [-0.15, -0.1) is 0 Å². The van der Waals surface area contributed by atoms with Crippen LogP contribution in [0.25, 0.3) is 0 Å². The lowest BCUT2D eigenvalue weighted by molar-refractivity contribution is 0.397. The van der Waals surface area contributed by atoms with Crippen molar-refractivity contribution in [2.45, 2.75) is 13.1 Å². The number of nitrogens with zero attached hydrogens (tertiary/aromatic N) is 3. The summed E-state index contributed by atoms with van der Waals surface area (Å²) in [5.41, 5.74) is 8.33. The molecular weight excluding hydrogens is 228 g/mol. The average molecular weight is 242 g/mol. The zero-order valence-corrected chi connectivity index (χ0v) is 10.1. The molecule has 0 saturated carbocycles. The van der Waals surface area contributed by atoms with Crippen molar-refractivity contribution in [1.82, 2.24) is 9.97 Å². The van der Waals surface area contributed by atoms with Gasteiger partial charge in [0.1, 0.15) is 5.82 Å². The fraction of sp³-hybridized carbons (Fsp3) is 0.231. The second kappa shape index (κ2) is 4.18. The topological polar surface area (TPSA) is 64.3 Å². The Bertz CT molecular complexity index is 560. The van der Waals surface area contributed by atoms with E-state index in [1.807, 2.05) is 6.07 Å². The first kappa shape index (κ1) is 10.8. The highest BCUT2D eigenvalue weighted by Gasteiger charge is 2.20. The molecule has 0 amide bonds. The maximum absolute atomic E-state index is 5.68. The number of anilines is 2. The Hall–Kier alpha value is -2.30. The van der Waals surface area contributed by atoms with Crippen molar-refractivity contribution in [3.63, 3.8) is 0 Å². The third-order valence-corrected chi connectivity index (χ3v) is 3.08. The number of nitrogens with two attached hydrogens (primary N) is 1. The lowest BCUT2D eigenvalue weighted by atomic mass is 10.1. The Kier molecular flexibility index (Phi) is 2.51. The molecule has 0 radical (unpaired) electrons. The second-order valence-corrected chi connectivity index (χ2v) is 4.25. The van der Waals surface area contributed by atoms with Gasteiger partial charge in [0.15, 0.2) is 0 Å². The van der Waals surface area contributed by atoms with Gasteiger partial charge in [-0.3, -0.25) is 0 Å². The van der Waals surface area contributed by atoms with Crippen LogP contribution in [0.3, 0.4) is 0 Å². The summed E-state index contributed by atoms with van der Waals surface area (Å²) in [4.78, 5) is 10.4. The number of hydrogen-bond donors (Lipinski definition) is 1. The molecule has 2 aromatic rings. The minimum absolute atomic E-state index is 0.236. The van der Waals surface area contributed by atoms with E-state index in [2.05, 4.69) is 39.1 Å². The molecule has 1 aliphatic heterocycles. The molecule has 0 saturated heterocycles. The monoisotopic (exact) mass is 242 g/mol. The normalized spacial score (nSPS) is 13.5. The van der Waals surface area contributed by atoms with Crippen LogP contribution in [0, 0.1) is 0 Å². The number of rotatable bonds is 2. The van der Waals surface area contributed by atoms with Crippen molar-refractivity contribution >= 4 is 11.8 Å². The fourth-order valence-corrected chi connectivity index (χ4v) is 2.19. The Balaban J connectivity index is 1.92. The van der Waals surface area contributed by atoms with E-state index in [0.717, 1.165) is 18.9 Å². The first-order valence-electron chi connectivity index (χ1n) is 5.76. The van der Waals surface area contributed by atoms with Crippen LogP contribution in [0.4, 0.5) is 11.8 Å². The number of nitrogen functional groups attached to an aromatic ring is 1. The van der Waals surface area contributed by atoms with E-state index in [0.29, 0.717) is 5.88 Å². The minimum Gasteiger partial charge on any atom is -0.481 e. The minimum atomic E-state index is 0.236. The Morgan fingerprint density at radius 2 is 1.83 bits per heavy atom. The molecule has 2 heterocycles. The zero-order chi connectivity index (χ0) is 12.5. The van der Waals surface area contributed by atoms with Crippen LogP contribution >= 0.6 is 0 Å². The van der Waals surface area contributed by atoms with Gasteiger partial charge in [0.2, 0.25) is 11.8 Å². The summed E-state index contributed by atoms with van der Waals surface area (Å²) in [5.74, 6) is 1.53. The van der Waals surface area contributed by atoms with Crippen LogP contribution in [-0.2, 0) is 13.1 Å². The van der Waals surface area contributed by atoms with Crippen LogP contribution in [0.15, 0.2) is 30.3 Å². The lowest BCUT2D eigenvalue weighted by Gasteiger charge is -2.17. The number of fused-ring (bicyclic) bond motifs is 1. The number of methoxy groups -OCH3 is 1. The molecule has 18 heavy (non-hydrogen) atoms. The summed E-state index contributed by atoms with van der Waals surface area (Å²) in [6.07, 6.45) is 0. The van der Waals surface area contributed by atoms with Gasteiger partial charge in [-0.25, -0.2) is 0 Å². The van der Waals surface area contributed by atoms with Crippen molar-refractivity contribution in [1.29, 1.82) is 0 Å². The van der Waals surface area contributed by atoms with E-state index in [9.17, 15) is 0 Å². The van der Waals surface area contributed by atoms with Gasteiger partial charge < -0.3 is 15.4 Å². The summed E-state index contributed by atoms with van der Waals surface area (Å²) in [6, 6.07) is 10.2. The maximum Gasteiger partial charge on any atom is 0.225 e. The molecule has 2 N–H and O–H groups in total. The Morgan fingerprint density at radius 1 is 1.17 bits per heavy atom. The van der Waals surface area contributed by atoms with E-state index in [1.165, 1.54) is 11.1 Å². The molecule has 0 aliphatic carbocycles. The Morgan fingerprint density at radius 3 is 2.44 bits per heavy atom. The largest absolute Gasteiger partial charge is 0.481 e. The number of aromatic nitrogens is 2. The van der Waals surface area contributed by atoms with E-state index < -0.39 is 0 Å². The molecule has 1 aromatic heterocycles. The number of ether oxygens (including phenoxy) is 1. The molecule has 0 unspecified atom stereocenters.